The predicted octanol–water partition coefficient (Wildman–Crippen LogP) is 2.73. The quantitative estimate of drug-likeness (QED) is 0.833. The number of ether oxygens (including phenoxy) is 2. The lowest BCUT2D eigenvalue weighted by Crippen LogP contribution is -2.30. The molecule has 0 spiro atoms. The van der Waals surface area contributed by atoms with Gasteiger partial charge in [0.1, 0.15) is 18.4 Å². The van der Waals surface area contributed by atoms with Crippen LogP contribution in [0.1, 0.15) is 28.9 Å². The highest BCUT2D eigenvalue weighted by molar-refractivity contribution is 5.95. The lowest BCUT2D eigenvalue weighted by molar-refractivity contribution is -0.139. The van der Waals surface area contributed by atoms with Crippen molar-refractivity contribution in [2.45, 2.75) is 13.0 Å². The number of carbonyl (C=O) groups excluding carboxylic acids is 2. The van der Waals surface area contributed by atoms with E-state index in [0.29, 0.717) is 11.3 Å². The Bertz CT molecular complexity index is 652. The topological polar surface area (TPSA) is 64.6 Å². The van der Waals surface area contributed by atoms with E-state index < -0.39 is 5.97 Å². The van der Waals surface area contributed by atoms with Gasteiger partial charge in [0.25, 0.3) is 5.91 Å². The van der Waals surface area contributed by atoms with Gasteiger partial charge in [-0.25, -0.2) is 0 Å². The molecule has 1 atom stereocenters. The molecule has 0 fully saturated rings. The van der Waals surface area contributed by atoms with Gasteiger partial charge in [-0.2, -0.15) is 0 Å². The number of methoxy groups -OCH3 is 1. The van der Waals surface area contributed by atoms with Crippen molar-refractivity contribution in [1.29, 1.82) is 0 Å². The summed E-state index contributed by atoms with van der Waals surface area (Å²) in [6.07, 6.45) is -0.0878. The maximum atomic E-state index is 11.9. The van der Waals surface area contributed by atoms with Crippen LogP contribution in [0, 0.1) is 0 Å². The fourth-order valence-corrected chi connectivity index (χ4v) is 2.01. The van der Waals surface area contributed by atoms with Gasteiger partial charge in [-0.15, -0.1) is 0 Å². The lowest BCUT2D eigenvalue weighted by atomic mass is 10.1. The second-order valence-corrected chi connectivity index (χ2v) is 4.95. The minimum Gasteiger partial charge on any atom is -0.486 e. The highest BCUT2D eigenvalue weighted by Gasteiger charge is 2.10. The van der Waals surface area contributed by atoms with Gasteiger partial charge in [0.15, 0.2) is 0 Å². The molecule has 0 aliphatic rings. The van der Waals surface area contributed by atoms with Gasteiger partial charge in [-0.1, -0.05) is 30.3 Å². The molecule has 0 bridgehead atoms. The second kappa shape index (κ2) is 7.98. The van der Waals surface area contributed by atoms with Gasteiger partial charge in [-0.05, 0) is 36.8 Å². The molecule has 1 unspecified atom stereocenters. The molecular weight excluding hydrogens is 294 g/mol. The molecule has 0 saturated carbocycles. The first-order chi connectivity index (χ1) is 11.1. The van der Waals surface area contributed by atoms with Gasteiger partial charge in [0.05, 0.1) is 7.11 Å². The molecule has 120 valence electrons. The summed E-state index contributed by atoms with van der Waals surface area (Å²) in [5.74, 6) is -0.154. The number of carbonyl (C=O) groups is 2. The maximum absolute atomic E-state index is 11.9. The van der Waals surface area contributed by atoms with Gasteiger partial charge in [0, 0.05) is 5.56 Å². The molecule has 0 aliphatic carbocycles. The van der Waals surface area contributed by atoms with E-state index >= 15 is 0 Å². The van der Waals surface area contributed by atoms with Crippen LogP contribution in [0.2, 0.25) is 0 Å². The molecule has 1 N–H and O–H groups in total. The molecule has 0 aliphatic heterocycles. The fraction of sp³-hybridized carbons (Fsp3) is 0.222. The smallest absolute Gasteiger partial charge is 0.325 e. The summed E-state index contributed by atoms with van der Waals surface area (Å²) in [7, 11) is 1.27. The number of benzene rings is 2. The van der Waals surface area contributed by atoms with Crippen molar-refractivity contribution in [3.63, 3.8) is 0 Å². The first-order valence-corrected chi connectivity index (χ1v) is 7.27. The zero-order valence-electron chi connectivity index (χ0n) is 13.1. The Balaban J connectivity index is 1.94. The molecule has 23 heavy (non-hydrogen) atoms. The van der Waals surface area contributed by atoms with Gasteiger partial charge >= 0.3 is 5.97 Å². The number of nitrogens with one attached hydrogen (secondary N) is 1. The van der Waals surface area contributed by atoms with Crippen molar-refractivity contribution < 1.29 is 19.1 Å². The number of hydrogen-bond donors (Lipinski definition) is 1. The summed E-state index contributed by atoms with van der Waals surface area (Å²) in [6.45, 7) is 1.81. The Hall–Kier alpha value is -2.82. The van der Waals surface area contributed by atoms with Crippen molar-refractivity contribution >= 4 is 11.9 Å². The largest absolute Gasteiger partial charge is 0.486 e. The van der Waals surface area contributed by atoms with Crippen molar-refractivity contribution in [1.82, 2.24) is 5.32 Å². The van der Waals surface area contributed by atoms with Crippen LogP contribution in [0.5, 0.6) is 5.75 Å². The average molecular weight is 313 g/mol. The third-order valence-corrected chi connectivity index (χ3v) is 3.32. The third-order valence-electron chi connectivity index (χ3n) is 3.32. The molecule has 5 heteroatoms. The van der Waals surface area contributed by atoms with E-state index in [1.54, 1.807) is 24.3 Å². The monoisotopic (exact) mass is 313 g/mol. The molecule has 0 aromatic heterocycles. The fourth-order valence-electron chi connectivity index (χ4n) is 2.01. The molecule has 0 heterocycles. The zero-order chi connectivity index (χ0) is 16.7. The van der Waals surface area contributed by atoms with Gasteiger partial charge in [-0.3, -0.25) is 9.59 Å². The van der Waals surface area contributed by atoms with Gasteiger partial charge in [0.2, 0.25) is 0 Å². The van der Waals surface area contributed by atoms with E-state index in [4.69, 9.17) is 4.74 Å². The third kappa shape index (κ3) is 4.85. The molecule has 2 rings (SSSR count). The Morgan fingerprint density at radius 1 is 1.04 bits per heavy atom. The van der Waals surface area contributed by atoms with Crippen LogP contribution in [-0.2, 0) is 9.53 Å². The lowest BCUT2D eigenvalue weighted by Gasteiger charge is -2.15. The summed E-state index contributed by atoms with van der Waals surface area (Å²) in [4.78, 5) is 22.9. The Kier molecular flexibility index (Phi) is 5.74. The Labute approximate surface area is 135 Å². The van der Waals surface area contributed by atoms with Gasteiger partial charge < -0.3 is 14.8 Å². The molecule has 0 saturated heterocycles. The normalized spacial score (nSPS) is 11.4. The van der Waals surface area contributed by atoms with Crippen LogP contribution >= 0.6 is 0 Å². The second-order valence-electron chi connectivity index (χ2n) is 4.95. The van der Waals surface area contributed by atoms with E-state index in [1.165, 1.54) is 7.11 Å². The number of rotatable bonds is 6. The molecule has 2 aromatic rings. The predicted molar refractivity (Wildman–Crippen MR) is 86.3 cm³/mol. The van der Waals surface area contributed by atoms with E-state index in [1.807, 2.05) is 37.3 Å². The van der Waals surface area contributed by atoms with Crippen LogP contribution < -0.4 is 10.1 Å². The summed E-state index contributed by atoms with van der Waals surface area (Å²) in [5.41, 5.74) is 1.53. The first kappa shape index (κ1) is 16.5. The molecule has 0 radical (unpaired) electrons. The Morgan fingerprint density at radius 2 is 1.70 bits per heavy atom. The summed E-state index contributed by atoms with van der Waals surface area (Å²) in [5, 5.41) is 2.48. The van der Waals surface area contributed by atoms with Crippen LogP contribution in [0.4, 0.5) is 0 Å². The van der Waals surface area contributed by atoms with E-state index in [2.05, 4.69) is 10.1 Å². The van der Waals surface area contributed by atoms with Crippen LogP contribution in [0.3, 0.4) is 0 Å². The number of esters is 1. The average Bonchev–Trinajstić information content (AvgIpc) is 2.60. The van der Waals surface area contributed by atoms with Crippen LogP contribution in [0.25, 0.3) is 0 Å². The zero-order valence-corrected chi connectivity index (χ0v) is 13.1. The van der Waals surface area contributed by atoms with E-state index in [-0.39, 0.29) is 18.6 Å². The summed E-state index contributed by atoms with van der Waals surface area (Å²) >= 11 is 0. The molecular formula is C18H19NO4. The summed E-state index contributed by atoms with van der Waals surface area (Å²) in [6, 6.07) is 16.6. The molecule has 2 aromatic carbocycles. The Morgan fingerprint density at radius 3 is 2.30 bits per heavy atom. The maximum Gasteiger partial charge on any atom is 0.325 e. The highest BCUT2D eigenvalue weighted by Crippen LogP contribution is 2.21. The molecule has 5 nitrogen and oxygen atoms in total. The molecule has 1 amide bonds. The first-order valence-electron chi connectivity index (χ1n) is 7.27. The SMILES string of the molecule is COC(=O)CNC(=O)c1ccc(OC(C)c2ccccc2)cc1. The van der Waals surface area contributed by atoms with E-state index in [0.717, 1.165) is 5.56 Å². The number of amides is 1. The number of hydrogen-bond acceptors (Lipinski definition) is 4. The van der Waals surface area contributed by atoms with Crippen molar-refractivity contribution in [2.75, 3.05) is 13.7 Å². The minimum absolute atomic E-state index is 0.0878. The van der Waals surface area contributed by atoms with E-state index in [9.17, 15) is 9.59 Å². The standard InChI is InChI=1S/C18H19NO4/c1-13(14-6-4-3-5-7-14)23-16-10-8-15(9-11-16)18(21)19-12-17(20)22-2/h3-11,13H,12H2,1-2H3,(H,19,21). The van der Waals surface area contributed by atoms with Crippen molar-refractivity contribution in [3.8, 4) is 5.75 Å². The van der Waals surface area contributed by atoms with Crippen molar-refractivity contribution in [2.24, 2.45) is 0 Å². The van der Waals surface area contributed by atoms with Crippen LogP contribution in [0.15, 0.2) is 54.6 Å². The summed E-state index contributed by atoms with van der Waals surface area (Å²) < 4.78 is 10.3. The van der Waals surface area contributed by atoms with Crippen LogP contribution in [-0.4, -0.2) is 25.5 Å². The highest BCUT2D eigenvalue weighted by atomic mass is 16.5. The van der Waals surface area contributed by atoms with Crippen molar-refractivity contribution in [3.05, 3.63) is 65.7 Å². The minimum atomic E-state index is -0.491.